The first-order chi connectivity index (χ1) is 16.4. The number of amides is 1. The van der Waals surface area contributed by atoms with Crippen LogP contribution in [-0.2, 0) is 20.4 Å². The van der Waals surface area contributed by atoms with Gasteiger partial charge in [0.2, 0.25) is 0 Å². The summed E-state index contributed by atoms with van der Waals surface area (Å²) >= 11 is 0. The van der Waals surface area contributed by atoms with Gasteiger partial charge in [-0.2, -0.15) is 8.78 Å². The van der Waals surface area contributed by atoms with Gasteiger partial charge in [-0.15, -0.1) is 0 Å². The van der Waals surface area contributed by atoms with E-state index in [1.54, 1.807) is 12.1 Å². The van der Waals surface area contributed by atoms with Crippen LogP contribution in [0.25, 0.3) is 6.08 Å². The highest BCUT2D eigenvalue weighted by atomic mass is 32.2. The minimum absolute atomic E-state index is 0.0887. The number of sulfone groups is 1. The van der Waals surface area contributed by atoms with Crippen LogP contribution in [-0.4, -0.2) is 67.8 Å². The van der Waals surface area contributed by atoms with Crippen molar-refractivity contribution in [3.63, 3.8) is 0 Å². The van der Waals surface area contributed by atoms with Crippen molar-refractivity contribution in [2.45, 2.75) is 11.8 Å². The lowest BCUT2D eigenvalue weighted by Crippen LogP contribution is -2.46. The van der Waals surface area contributed by atoms with Crippen LogP contribution in [0.4, 0.5) is 14.5 Å². The Balaban J connectivity index is 2.34. The molecule has 2 aromatic rings. The summed E-state index contributed by atoms with van der Waals surface area (Å²) in [6, 6.07) is 3.48. The molecule has 0 radical (unpaired) electrons. The maximum atomic E-state index is 14.0. The van der Waals surface area contributed by atoms with Gasteiger partial charge in [0, 0.05) is 17.5 Å². The van der Waals surface area contributed by atoms with Crippen molar-refractivity contribution < 1.29 is 40.9 Å². The SMILES string of the molecule is COc1cc(OC)c(C=CS(=O)(=O)Cc2ccc(OC)c(NC(=O)C(F)(F)N(C)C)c2)c(OC)c1. The van der Waals surface area contributed by atoms with Crippen molar-refractivity contribution in [1.82, 2.24) is 4.90 Å². The molecule has 0 saturated heterocycles. The van der Waals surface area contributed by atoms with Gasteiger partial charge in [0.05, 0.1) is 45.4 Å². The molecule has 0 bridgehead atoms. The first-order valence-corrected chi connectivity index (χ1v) is 11.8. The molecule has 0 aliphatic rings. The zero-order valence-electron chi connectivity index (χ0n) is 20.2. The van der Waals surface area contributed by atoms with Crippen LogP contribution < -0.4 is 24.3 Å². The van der Waals surface area contributed by atoms with E-state index in [0.29, 0.717) is 27.7 Å². The van der Waals surface area contributed by atoms with E-state index in [-0.39, 0.29) is 17.0 Å². The number of halogens is 2. The number of methoxy groups -OCH3 is 4. The normalized spacial score (nSPS) is 12.0. The molecule has 12 heteroatoms. The molecular formula is C23H28F2N2O7S. The summed E-state index contributed by atoms with van der Waals surface area (Å²) in [5, 5.41) is 3.08. The highest BCUT2D eigenvalue weighted by Gasteiger charge is 2.41. The quantitative estimate of drug-likeness (QED) is 0.455. The zero-order valence-corrected chi connectivity index (χ0v) is 21.0. The van der Waals surface area contributed by atoms with Gasteiger partial charge in [0.25, 0.3) is 0 Å². The molecule has 2 rings (SSSR count). The summed E-state index contributed by atoms with van der Waals surface area (Å²) in [4.78, 5) is 12.5. The first kappa shape index (κ1) is 27.9. The summed E-state index contributed by atoms with van der Waals surface area (Å²) in [6.45, 7) is 0. The molecule has 0 aliphatic carbocycles. The molecule has 35 heavy (non-hydrogen) atoms. The summed E-state index contributed by atoms with van der Waals surface area (Å²) in [6.07, 6.45) is 1.33. The lowest BCUT2D eigenvalue weighted by molar-refractivity contribution is -0.164. The molecule has 2 aromatic carbocycles. The third-order valence-electron chi connectivity index (χ3n) is 4.91. The minimum Gasteiger partial charge on any atom is -0.496 e. The Morgan fingerprint density at radius 1 is 0.971 bits per heavy atom. The van der Waals surface area contributed by atoms with E-state index in [0.717, 1.165) is 19.5 Å². The molecular weight excluding hydrogens is 486 g/mol. The van der Waals surface area contributed by atoms with Crippen LogP contribution in [0.15, 0.2) is 35.7 Å². The van der Waals surface area contributed by atoms with E-state index in [1.807, 2.05) is 0 Å². The van der Waals surface area contributed by atoms with Gasteiger partial charge in [0.15, 0.2) is 9.84 Å². The molecule has 0 atom stereocenters. The molecule has 0 heterocycles. The number of hydrogen-bond acceptors (Lipinski definition) is 8. The maximum absolute atomic E-state index is 14.0. The Hall–Kier alpha value is -3.38. The Morgan fingerprint density at radius 3 is 2.03 bits per heavy atom. The molecule has 192 valence electrons. The van der Waals surface area contributed by atoms with Gasteiger partial charge in [0.1, 0.15) is 23.0 Å². The van der Waals surface area contributed by atoms with Crippen molar-refractivity contribution >= 4 is 27.5 Å². The van der Waals surface area contributed by atoms with E-state index in [4.69, 9.17) is 18.9 Å². The number of hydrogen-bond donors (Lipinski definition) is 1. The maximum Gasteiger partial charge on any atom is 0.383 e. The van der Waals surface area contributed by atoms with E-state index in [9.17, 15) is 22.0 Å². The monoisotopic (exact) mass is 514 g/mol. The molecule has 0 saturated carbocycles. The van der Waals surface area contributed by atoms with E-state index in [2.05, 4.69) is 5.32 Å². The number of nitrogens with zero attached hydrogens (tertiary/aromatic N) is 1. The third kappa shape index (κ3) is 6.83. The minimum atomic E-state index is -3.84. The molecule has 0 aliphatic heterocycles. The van der Waals surface area contributed by atoms with Gasteiger partial charge in [-0.25, -0.2) is 13.3 Å². The number of rotatable bonds is 11. The highest BCUT2D eigenvalue weighted by molar-refractivity contribution is 7.93. The van der Waals surface area contributed by atoms with Crippen LogP contribution in [0.2, 0.25) is 0 Å². The Morgan fingerprint density at radius 2 is 1.54 bits per heavy atom. The van der Waals surface area contributed by atoms with Crippen LogP contribution in [0.3, 0.4) is 0 Å². The molecule has 9 nitrogen and oxygen atoms in total. The van der Waals surface area contributed by atoms with Gasteiger partial charge in [-0.1, -0.05) is 6.07 Å². The molecule has 0 spiro atoms. The Labute approximate surface area is 203 Å². The number of ether oxygens (including phenoxy) is 4. The number of carbonyl (C=O) groups is 1. The second kappa shape index (κ2) is 11.4. The molecule has 1 amide bonds. The Kier molecular flexibility index (Phi) is 9.05. The predicted molar refractivity (Wildman–Crippen MR) is 128 cm³/mol. The number of alkyl halides is 2. The van der Waals surface area contributed by atoms with E-state index < -0.39 is 27.5 Å². The van der Waals surface area contributed by atoms with Gasteiger partial charge in [-0.05, 0) is 37.9 Å². The largest absolute Gasteiger partial charge is 0.496 e. The number of benzene rings is 2. The summed E-state index contributed by atoms with van der Waals surface area (Å²) < 4.78 is 74.5. The highest BCUT2D eigenvalue weighted by Crippen LogP contribution is 2.35. The second-order valence-corrected chi connectivity index (χ2v) is 9.37. The number of anilines is 1. The third-order valence-corrected chi connectivity index (χ3v) is 6.20. The number of likely N-dealkylation sites (N-methyl/N-ethyl adjacent to an activating group) is 1. The fourth-order valence-corrected chi connectivity index (χ4v) is 4.08. The van der Waals surface area contributed by atoms with Crippen molar-refractivity contribution in [2.24, 2.45) is 0 Å². The van der Waals surface area contributed by atoms with Crippen LogP contribution in [0, 0.1) is 0 Å². The summed E-state index contributed by atoms with van der Waals surface area (Å²) in [7, 11) is 3.89. The van der Waals surface area contributed by atoms with Gasteiger partial charge in [-0.3, -0.25) is 4.79 Å². The average Bonchev–Trinajstić information content (AvgIpc) is 2.81. The fraction of sp³-hybridized carbons (Fsp3) is 0.348. The molecule has 1 N–H and O–H groups in total. The van der Waals surface area contributed by atoms with Crippen molar-refractivity contribution in [1.29, 1.82) is 0 Å². The average molecular weight is 515 g/mol. The number of carbonyl (C=O) groups excluding carboxylic acids is 1. The zero-order chi connectivity index (χ0) is 26.4. The standard InChI is InChI=1S/C23H28F2N2O7S/c1-27(2)23(24,25)22(28)26-18-11-15(7-8-19(18)32-4)14-35(29,30)10-9-17-20(33-5)12-16(31-3)13-21(17)34-6/h7-13H,14H2,1-6H3,(H,26,28). The second-order valence-electron chi connectivity index (χ2n) is 7.48. The van der Waals surface area contributed by atoms with Crippen LogP contribution in [0.1, 0.15) is 11.1 Å². The fourth-order valence-electron chi connectivity index (χ4n) is 2.99. The lowest BCUT2D eigenvalue weighted by atomic mass is 10.1. The lowest BCUT2D eigenvalue weighted by Gasteiger charge is -2.23. The van der Waals surface area contributed by atoms with E-state index in [1.165, 1.54) is 52.7 Å². The first-order valence-electron chi connectivity index (χ1n) is 10.1. The van der Waals surface area contributed by atoms with Crippen molar-refractivity contribution in [3.05, 3.63) is 46.9 Å². The molecule has 0 unspecified atom stereocenters. The Bertz CT molecular complexity index is 1170. The molecule has 0 aromatic heterocycles. The van der Waals surface area contributed by atoms with Gasteiger partial charge < -0.3 is 24.3 Å². The predicted octanol–water partition coefficient (Wildman–Crippen LogP) is 3.40. The summed E-state index contributed by atoms with van der Waals surface area (Å²) in [5.41, 5.74) is 0.537. The van der Waals surface area contributed by atoms with Crippen LogP contribution >= 0.6 is 0 Å². The summed E-state index contributed by atoms with van der Waals surface area (Å²) in [5.74, 6) is -0.822. The van der Waals surface area contributed by atoms with Crippen molar-refractivity contribution in [2.75, 3.05) is 47.9 Å². The van der Waals surface area contributed by atoms with Crippen molar-refractivity contribution in [3.8, 4) is 23.0 Å². The van der Waals surface area contributed by atoms with Gasteiger partial charge >= 0.3 is 12.0 Å². The topological polar surface area (TPSA) is 103 Å². The van der Waals surface area contributed by atoms with Crippen LogP contribution in [0.5, 0.6) is 23.0 Å². The molecule has 0 fully saturated rings. The number of nitrogens with one attached hydrogen (secondary N) is 1. The smallest absolute Gasteiger partial charge is 0.383 e. The van der Waals surface area contributed by atoms with E-state index >= 15 is 0 Å².